The highest BCUT2D eigenvalue weighted by atomic mass is 16.6. The number of nitrogens with zero attached hydrogens (tertiary/aromatic N) is 1. The minimum absolute atomic E-state index is 0.0593. The summed E-state index contributed by atoms with van der Waals surface area (Å²) in [6, 6.07) is 0. The first-order valence-electron chi connectivity index (χ1n) is 8.69. The molecule has 0 aromatic carbocycles. The lowest BCUT2D eigenvalue weighted by atomic mass is 9.64. The summed E-state index contributed by atoms with van der Waals surface area (Å²) in [5.74, 6) is 0. The largest absolute Gasteiger partial charge is 0.444 e. The fourth-order valence-corrected chi connectivity index (χ4v) is 5.17. The Balaban J connectivity index is 3.32. The normalized spacial score (nSPS) is 30.3. The van der Waals surface area contributed by atoms with E-state index in [-0.39, 0.29) is 22.5 Å². The monoisotopic (exact) mass is 326 g/mol. The number of nitrogens with two attached hydrogens (primary N) is 1. The van der Waals surface area contributed by atoms with Crippen molar-refractivity contribution in [1.29, 1.82) is 0 Å². The molecule has 0 aromatic rings. The molecule has 23 heavy (non-hydrogen) atoms. The number of rotatable bonds is 0. The third-order valence-electron chi connectivity index (χ3n) is 4.40. The summed E-state index contributed by atoms with van der Waals surface area (Å²) in [6.07, 6.45) is 2.39. The zero-order chi connectivity index (χ0) is 18.5. The van der Waals surface area contributed by atoms with Crippen molar-refractivity contribution in [3.8, 4) is 0 Å². The minimum Gasteiger partial charge on any atom is -0.444 e. The van der Waals surface area contributed by atoms with Gasteiger partial charge in [0.05, 0.1) is 5.66 Å². The second-order valence-electron chi connectivity index (χ2n) is 10.8. The molecule has 0 bridgehead atoms. The van der Waals surface area contributed by atoms with Crippen LogP contribution in [0.25, 0.3) is 0 Å². The molecule has 2 N–H and O–H groups in total. The minimum atomic E-state index is -0.744. The Kier molecular flexibility index (Phi) is 4.98. The maximum Gasteiger partial charge on any atom is 0.412 e. The van der Waals surface area contributed by atoms with Gasteiger partial charge in [-0.2, -0.15) is 0 Å². The highest BCUT2D eigenvalue weighted by Crippen LogP contribution is 2.48. The van der Waals surface area contributed by atoms with Crippen LogP contribution in [0, 0.1) is 10.8 Å². The molecule has 0 aromatic heterocycles. The van der Waals surface area contributed by atoms with Gasteiger partial charge in [-0.25, -0.2) is 4.79 Å². The van der Waals surface area contributed by atoms with Crippen LogP contribution in [0.4, 0.5) is 4.79 Å². The molecule has 1 heterocycles. The summed E-state index contributed by atoms with van der Waals surface area (Å²) in [6.45, 7) is 20.9. The van der Waals surface area contributed by atoms with Crippen LogP contribution in [0.2, 0.25) is 0 Å². The van der Waals surface area contributed by atoms with Crippen LogP contribution in [0.1, 0.15) is 88.5 Å². The van der Waals surface area contributed by atoms with Gasteiger partial charge in [-0.3, -0.25) is 4.90 Å². The predicted octanol–water partition coefficient (Wildman–Crippen LogP) is 4.91. The van der Waals surface area contributed by atoms with Crippen LogP contribution in [-0.2, 0) is 4.74 Å². The maximum absolute atomic E-state index is 13.0. The van der Waals surface area contributed by atoms with Crippen LogP contribution in [0.5, 0.6) is 0 Å². The number of likely N-dealkylation sites (tertiary alicyclic amines) is 1. The fraction of sp³-hybridized carbons (Fsp3) is 0.947. The second-order valence-corrected chi connectivity index (χ2v) is 10.8. The highest BCUT2D eigenvalue weighted by Gasteiger charge is 2.50. The number of hydrogen-bond acceptors (Lipinski definition) is 3. The van der Waals surface area contributed by atoms with E-state index < -0.39 is 11.3 Å². The van der Waals surface area contributed by atoms with E-state index in [1.54, 1.807) is 4.90 Å². The van der Waals surface area contributed by atoms with Crippen molar-refractivity contribution in [2.75, 3.05) is 0 Å². The maximum atomic E-state index is 13.0. The third-order valence-corrected chi connectivity index (χ3v) is 4.40. The lowest BCUT2D eigenvalue weighted by Crippen LogP contribution is -2.67. The Labute approximate surface area is 143 Å². The van der Waals surface area contributed by atoms with Crippen molar-refractivity contribution >= 4 is 6.09 Å². The molecule has 0 spiro atoms. The molecule has 136 valence electrons. The molecule has 1 atom stereocenters. The highest BCUT2D eigenvalue weighted by molar-refractivity contribution is 5.70. The van der Waals surface area contributed by atoms with Crippen LogP contribution in [-0.4, -0.2) is 27.8 Å². The number of ether oxygens (including phenoxy) is 1. The average Bonchev–Trinajstić information content (AvgIpc) is 2.01. The van der Waals surface area contributed by atoms with E-state index in [1.165, 1.54) is 0 Å². The molecule has 4 heteroatoms. The predicted molar refractivity (Wildman–Crippen MR) is 96.2 cm³/mol. The van der Waals surface area contributed by atoms with Crippen LogP contribution < -0.4 is 5.73 Å². The van der Waals surface area contributed by atoms with Crippen LogP contribution in [0.3, 0.4) is 0 Å². The van der Waals surface area contributed by atoms with Crippen molar-refractivity contribution in [1.82, 2.24) is 4.90 Å². The quantitative estimate of drug-likeness (QED) is 0.688. The first kappa shape index (κ1) is 20.3. The molecule has 1 amide bonds. The molecular formula is C19H38N2O2. The molecule has 1 aliphatic heterocycles. The van der Waals surface area contributed by atoms with Gasteiger partial charge in [0, 0.05) is 5.54 Å². The van der Waals surface area contributed by atoms with Crippen molar-refractivity contribution in [3.05, 3.63) is 0 Å². The summed E-state index contributed by atoms with van der Waals surface area (Å²) in [5, 5.41) is 0. The van der Waals surface area contributed by atoms with Gasteiger partial charge in [0.25, 0.3) is 0 Å². The van der Waals surface area contributed by atoms with Gasteiger partial charge < -0.3 is 10.5 Å². The molecule has 4 nitrogen and oxygen atoms in total. The first-order valence-corrected chi connectivity index (χ1v) is 8.69. The summed E-state index contributed by atoms with van der Waals surface area (Å²) in [5.41, 5.74) is 5.22. The standard InChI is InChI=1S/C19H38N2O2/c1-15(2,3)23-14(22)21-18(8,9)12-16(4,5)11-17(6,7)13-19(21,10)20/h11-13,20H2,1-10H3. The third kappa shape index (κ3) is 5.37. The zero-order valence-corrected chi connectivity index (χ0v) is 17.0. The Bertz CT molecular complexity index is 428. The molecule has 1 unspecified atom stereocenters. The number of carbonyl (C=O) groups excluding carboxylic acids is 1. The Morgan fingerprint density at radius 1 is 0.913 bits per heavy atom. The topological polar surface area (TPSA) is 55.6 Å². The van der Waals surface area contributed by atoms with Gasteiger partial charge in [0.1, 0.15) is 5.60 Å². The molecule has 0 saturated carbocycles. The van der Waals surface area contributed by atoms with Gasteiger partial charge in [0.15, 0.2) is 0 Å². The Morgan fingerprint density at radius 3 is 1.78 bits per heavy atom. The van der Waals surface area contributed by atoms with Gasteiger partial charge in [-0.05, 0) is 71.6 Å². The van der Waals surface area contributed by atoms with Gasteiger partial charge in [-0.15, -0.1) is 0 Å². The molecule has 0 radical (unpaired) electrons. The van der Waals surface area contributed by atoms with E-state index in [2.05, 4.69) is 41.5 Å². The van der Waals surface area contributed by atoms with E-state index in [4.69, 9.17) is 10.5 Å². The SMILES string of the molecule is CC1(C)CC(C)(C)CC(C)(N)N(C(=O)OC(C)(C)C)C(C)(C)C1. The Morgan fingerprint density at radius 2 is 1.35 bits per heavy atom. The van der Waals surface area contributed by atoms with Crippen molar-refractivity contribution in [2.24, 2.45) is 16.6 Å². The van der Waals surface area contributed by atoms with Crippen LogP contribution in [0.15, 0.2) is 0 Å². The van der Waals surface area contributed by atoms with Crippen molar-refractivity contribution < 1.29 is 9.53 Å². The van der Waals surface area contributed by atoms with Crippen molar-refractivity contribution in [2.45, 2.75) is 105 Å². The lowest BCUT2D eigenvalue weighted by molar-refractivity contribution is -0.0751. The van der Waals surface area contributed by atoms with E-state index >= 15 is 0 Å². The van der Waals surface area contributed by atoms with Gasteiger partial charge in [0.2, 0.25) is 0 Å². The van der Waals surface area contributed by atoms with E-state index in [0.717, 1.165) is 19.3 Å². The second kappa shape index (κ2) is 5.65. The van der Waals surface area contributed by atoms with Crippen LogP contribution >= 0.6 is 0 Å². The molecule has 1 aliphatic rings. The van der Waals surface area contributed by atoms with Gasteiger partial charge >= 0.3 is 6.09 Å². The number of hydrogen-bond donors (Lipinski definition) is 1. The fourth-order valence-electron chi connectivity index (χ4n) is 5.17. The first-order chi connectivity index (χ1) is 9.87. The molecule has 0 aliphatic carbocycles. The zero-order valence-electron chi connectivity index (χ0n) is 17.0. The summed E-state index contributed by atoms with van der Waals surface area (Å²) < 4.78 is 5.69. The molecule has 1 saturated heterocycles. The average molecular weight is 327 g/mol. The number of amides is 1. The van der Waals surface area contributed by atoms with Crippen molar-refractivity contribution in [3.63, 3.8) is 0 Å². The summed E-state index contributed by atoms with van der Waals surface area (Å²) in [4.78, 5) is 14.7. The van der Waals surface area contributed by atoms with E-state index in [9.17, 15) is 4.79 Å². The number of carbonyl (C=O) groups is 1. The van der Waals surface area contributed by atoms with E-state index in [0.29, 0.717) is 0 Å². The van der Waals surface area contributed by atoms with E-state index in [1.807, 2.05) is 27.7 Å². The Hall–Kier alpha value is -0.770. The summed E-state index contributed by atoms with van der Waals surface area (Å²) >= 11 is 0. The molecule has 1 fully saturated rings. The van der Waals surface area contributed by atoms with Gasteiger partial charge in [-0.1, -0.05) is 27.7 Å². The molecule has 1 rings (SSSR count). The smallest absolute Gasteiger partial charge is 0.412 e. The molecular weight excluding hydrogens is 288 g/mol. The summed E-state index contributed by atoms with van der Waals surface area (Å²) in [7, 11) is 0. The lowest BCUT2D eigenvalue weighted by Gasteiger charge is -2.55.